The van der Waals surface area contributed by atoms with Gasteiger partial charge in [0.1, 0.15) is 0 Å². The average Bonchev–Trinajstić information content (AvgIpc) is 3.55. The van der Waals surface area contributed by atoms with Gasteiger partial charge in [0.2, 0.25) is 0 Å². The third kappa shape index (κ3) is 8.11. The number of carbonyl (C=O) groups is 2. The van der Waals surface area contributed by atoms with Crippen LogP contribution in [0.5, 0.6) is 0 Å². The van der Waals surface area contributed by atoms with Crippen LogP contribution in [-0.4, -0.2) is 46.1 Å². The van der Waals surface area contributed by atoms with Crippen molar-refractivity contribution in [2.75, 3.05) is 10.0 Å². The van der Waals surface area contributed by atoms with E-state index in [-0.39, 0.29) is 52.8 Å². The predicted octanol–water partition coefficient (Wildman–Crippen LogP) is 0.639. The Morgan fingerprint density at radius 3 is 1.27 bits per heavy atom. The molecule has 6 rings (SSSR count). The number of anilines is 2. The van der Waals surface area contributed by atoms with Crippen LogP contribution in [-0.2, 0) is 27.0 Å². The topological polar surface area (TPSA) is 207 Å². The van der Waals surface area contributed by atoms with E-state index in [1.165, 1.54) is 34.3 Å². The Morgan fingerprint density at radius 1 is 0.571 bits per heavy atom. The molecular formula is C34H25CrN8O6. The molecule has 2 heterocycles. The van der Waals surface area contributed by atoms with Gasteiger partial charge in [-0.25, -0.2) is 0 Å². The molecule has 49 heavy (non-hydrogen) atoms. The van der Waals surface area contributed by atoms with Gasteiger partial charge in [-0.15, -0.1) is 20.4 Å². The molecule has 0 unspecified atom stereocenters. The molecule has 14 nitrogen and oxygen atoms in total. The Kier molecular flexibility index (Phi) is 11.5. The Bertz CT molecular complexity index is 1870. The number of allylic oxidation sites excluding steroid dienone is 10. The normalized spacial score (nSPS) is 19.8. The fraction of sp³-hybridized carbons (Fsp3) is 0.0588. The van der Waals surface area contributed by atoms with Gasteiger partial charge in [-0.2, -0.15) is 32.1 Å². The molecule has 243 valence electrons. The number of nitrogens with zero attached hydrogens (tertiary/aromatic N) is 8. The first kappa shape index (κ1) is 35.4. The molecule has 2 aliphatic carbocycles. The minimum absolute atomic E-state index is 0. The summed E-state index contributed by atoms with van der Waals surface area (Å²) < 4.78 is 0. The summed E-state index contributed by atoms with van der Waals surface area (Å²) in [5, 5.41) is 70.6. The third-order valence-electron chi connectivity index (χ3n) is 6.74. The molecule has 0 bridgehead atoms. The van der Waals surface area contributed by atoms with Gasteiger partial charge < -0.3 is 20.4 Å². The first-order chi connectivity index (χ1) is 23.2. The smallest absolute Gasteiger partial charge is 0.883 e. The quantitative estimate of drug-likeness (QED) is 0.331. The molecule has 0 saturated carbocycles. The van der Waals surface area contributed by atoms with Crippen LogP contribution < -0.4 is 30.4 Å². The molecule has 1 radical (unpaired) electrons. The summed E-state index contributed by atoms with van der Waals surface area (Å²) in [6.07, 6.45) is 12.1. The number of hydrogen-bond donors (Lipinski definition) is 0. The molecule has 2 aromatic carbocycles. The first-order valence-corrected chi connectivity index (χ1v) is 14.2. The summed E-state index contributed by atoms with van der Waals surface area (Å²) >= 11 is 0. The SMILES string of the molecule is CC1=NN(c2ccccc2)C(=O)/C1=N\N=C1/C=CC=CC1=C([O-])[O-].CC1=NN(c2ccccc2)C(=O)/C1=N\N=C1/C=CC=CC1=C([O-])[O-].[Cr+3].[H+]. The van der Waals surface area contributed by atoms with Gasteiger partial charge in [0.25, 0.3) is 0 Å². The molecule has 0 atom stereocenters. The summed E-state index contributed by atoms with van der Waals surface area (Å²) in [6, 6.07) is 17.8. The third-order valence-corrected chi connectivity index (χ3v) is 6.74. The Balaban J connectivity index is 0.000000260. The fourth-order valence-electron chi connectivity index (χ4n) is 4.39. The van der Waals surface area contributed by atoms with Crippen LogP contribution >= 0.6 is 0 Å². The van der Waals surface area contributed by atoms with Gasteiger partial charge in [0.15, 0.2) is 11.4 Å². The van der Waals surface area contributed by atoms with Crippen molar-refractivity contribution in [3.8, 4) is 0 Å². The van der Waals surface area contributed by atoms with Crippen LogP contribution in [0.1, 0.15) is 15.3 Å². The number of amides is 2. The zero-order valence-corrected chi connectivity index (χ0v) is 27.1. The maximum absolute atomic E-state index is 12.4. The number of carbonyl (C=O) groups excluding carboxylic acids is 2. The zero-order chi connectivity index (χ0) is 34.2. The second-order valence-electron chi connectivity index (χ2n) is 9.98. The Morgan fingerprint density at radius 2 is 0.918 bits per heavy atom. The van der Waals surface area contributed by atoms with Crippen molar-refractivity contribution < 1.29 is 48.8 Å². The van der Waals surface area contributed by atoms with Crippen molar-refractivity contribution in [3.05, 3.63) is 132 Å². The van der Waals surface area contributed by atoms with Crippen molar-refractivity contribution >= 4 is 57.5 Å². The largest absolute Gasteiger partial charge is 3.00 e. The van der Waals surface area contributed by atoms with E-state index >= 15 is 0 Å². The molecule has 2 aliphatic heterocycles. The summed E-state index contributed by atoms with van der Waals surface area (Å²) in [5.74, 6) is -3.56. The van der Waals surface area contributed by atoms with Gasteiger partial charge in [-0.3, -0.25) is 9.59 Å². The van der Waals surface area contributed by atoms with Crippen LogP contribution in [0, 0.1) is 0 Å². The number of benzene rings is 2. The van der Waals surface area contributed by atoms with Crippen molar-refractivity contribution in [1.82, 2.24) is 0 Å². The van der Waals surface area contributed by atoms with Crippen molar-refractivity contribution in [3.63, 3.8) is 0 Å². The van der Waals surface area contributed by atoms with Crippen LogP contribution in [0.4, 0.5) is 11.4 Å². The van der Waals surface area contributed by atoms with Gasteiger partial charge in [0.05, 0.1) is 34.2 Å². The molecule has 0 spiro atoms. The Labute approximate surface area is 292 Å². The summed E-state index contributed by atoms with van der Waals surface area (Å²) in [7, 11) is 0. The molecule has 0 N–H and O–H groups in total. The number of hydrazone groups is 2. The second-order valence-corrected chi connectivity index (χ2v) is 9.98. The minimum Gasteiger partial charge on any atom is -0.883 e. The van der Waals surface area contributed by atoms with Crippen molar-refractivity contribution in [2.45, 2.75) is 13.8 Å². The summed E-state index contributed by atoms with van der Waals surface area (Å²) in [4.78, 5) is 24.9. The first-order valence-electron chi connectivity index (χ1n) is 14.2. The second kappa shape index (κ2) is 15.9. The molecule has 0 aromatic heterocycles. The predicted molar refractivity (Wildman–Crippen MR) is 176 cm³/mol. The molecule has 4 aliphatic rings. The van der Waals surface area contributed by atoms with E-state index in [4.69, 9.17) is 0 Å². The number of hydrogen-bond acceptors (Lipinski definition) is 12. The fourth-order valence-corrected chi connectivity index (χ4v) is 4.39. The Hall–Kier alpha value is -6.43. The summed E-state index contributed by atoms with van der Waals surface area (Å²) in [5.41, 5.74) is 2.19. The standard InChI is InChI=1S/2C17H14N4O3.Cr/c2*1-11-15(16(22)21(20-11)12-7-3-2-4-8-12)19-18-14-10-6-5-9-13(14)17(23)24;/h2*2-10,23-24H,1H3;/q;;+3/p-3/b2*18-14+,19-15-;. The van der Waals surface area contributed by atoms with Crippen LogP contribution in [0.2, 0.25) is 0 Å². The van der Waals surface area contributed by atoms with E-state index in [0.29, 0.717) is 22.8 Å². The van der Waals surface area contributed by atoms with Crippen LogP contribution in [0.3, 0.4) is 0 Å². The van der Waals surface area contributed by atoms with Gasteiger partial charge in [-0.1, -0.05) is 72.9 Å². The average molecular weight is 694 g/mol. The number of rotatable bonds is 4. The molecular weight excluding hydrogens is 668 g/mol. The van der Waals surface area contributed by atoms with Crippen LogP contribution in [0.15, 0.2) is 163 Å². The molecule has 0 saturated heterocycles. The van der Waals surface area contributed by atoms with E-state index in [1.54, 1.807) is 86.7 Å². The molecule has 2 aromatic rings. The monoisotopic (exact) mass is 693 g/mol. The van der Waals surface area contributed by atoms with E-state index in [0.717, 1.165) is 0 Å². The summed E-state index contributed by atoms with van der Waals surface area (Å²) in [6.45, 7) is 3.28. The van der Waals surface area contributed by atoms with Crippen LogP contribution in [0.25, 0.3) is 0 Å². The maximum Gasteiger partial charge on any atom is 3.00 e. The van der Waals surface area contributed by atoms with E-state index in [9.17, 15) is 30.0 Å². The van der Waals surface area contributed by atoms with Gasteiger partial charge in [-0.05, 0) is 61.4 Å². The van der Waals surface area contributed by atoms with Gasteiger partial charge in [0, 0.05) is 0 Å². The van der Waals surface area contributed by atoms with Crippen molar-refractivity contribution in [1.29, 1.82) is 0 Å². The maximum atomic E-state index is 12.4. The number of para-hydroxylation sites is 2. The molecule has 0 fully saturated rings. The molecule has 2 amide bonds. The van der Waals surface area contributed by atoms with E-state index < -0.39 is 23.7 Å². The van der Waals surface area contributed by atoms with E-state index in [2.05, 4.69) is 30.6 Å². The minimum atomic E-state index is -1.36. The van der Waals surface area contributed by atoms with E-state index in [1.807, 2.05) is 12.1 Å². The van der Waals surface area contributed by atoms with Gasteiger partial charge >= 0.3 is 30.6 Å². The van der Waals surface area contributed by atoms with Crippen molar-refractivity contribution in [2.24, 2.45) is 30.6 Å². The molecule has 15 heteroatoms. The zero-order valence-electron chi connectivity index (χ0n) is 26.8.